The van der Waals surface area contributed by atoms with Crippen LogP contribution in [0.3, 0.4) is 0 Å². The molecule has 3 N–H and O–H groups in total. The third kappa shape index (κ3) is 5.10. The number of hydrogen-bond acceptors (Lipinski definition) is 3. The molecule has 0 aliphatic heterocycles. The summed E-state index contributed by atoms with van der Waals surface area (Å²) in [6, 6.07) is 18.6. The van der Waals surface area contributed by atoms with E-state index >= 15 is 0 Å². The maximum Gasteiger partial charge on any atom is 0.244 e. The fourth-order valence-electron chi connectivity index (χ4n) is 5.67. The van der Waals surface area contributed by atoms with Gasteiger partial charge >= 0.3 is 0 Å². The number of aliphatic hydroxyl groups excluding tert-OH is 1. The summed E-state index contributed by atoms with van der Waals surface area (Å²) in [4.78, 5) is 25.0. The van der Waals surface area contributed by atoms with Gasteiger partial charge in [0, 0.05) is 13.0 Å². The van der Waals surface area contributed by atoms with Gasteiger partial charge in [-0.15, -0.1) is 0 Å². The number of hydrogen-bond donors (Lipinski definition) is 3. The Morgan fingerprint density at radius 2 is 1.57 bits per heavy atom. The minimum atomic E-state index is -0.888. The molecule has 2 amide bonds. The zero-order valence-electron chi connectivity index (χ0n) is 20.2. The highest BCUT2D eigenvalue weighted by atomic mass is 16.3. The van der Waals surface area contributed by atoms with Crippen molar-refractivity contribution in [2.45, 2.75) is 57.4 Å². The minimum Gasteiger partial charge on any atom is -0.394 e. The van der Waals surface area contributed by atoms with Gasteiger partial charge in [0.2, 0.25) is 11.8 Å². The Bertz CT molecular complexity index is 1310. The van der Waals surface area contributed by atoms with E-state index < -0.39 is 12.6 Å². The van der Waals surface area contributed by atoms with E-state index in [1.165, 1.54) is 57.1 Å². The molecule has 1 atom stereocenters. The molecule has 0 saturated heterocycles. The highest BCUT2D eigenvalue weighted by Gasteiger charge is 2.21. The first-order chi connectivity index (χ1) is 17.1. The smallest absolute Gasteiger partial charge is 0.244 e. The van der Waals surface area contributed by atoms with Gasteiger partial charge in [-0.1, -0.05) is 73.9 Å². The lowest BCUT2D eigenvalue weighted by molar-refractivity contribution is -0.130. The van der Waals surface area contributed by atoms with Crippen molar-refractivity contribution < 1.29 is 14.7 Å². The second kappa shape index (κ2) is 10.6. The normalized spacial score (nSPS) is 15.6. The van der Waals surface area contributed by atoms with Crippen LogP contribution in [-0.4, -0.2) is 36.1 Å². The van der Waals surface area contributed by atoms with E-state index in [4.69, 9.17) is 0 Å². The van der Waals surface area contributed by atoms with Crippen LogP contribution in [0.25, 0.3) is 32.3 Å². The quantitative estimate of drug-likeness (QED) is 0.299. The average molecular weight is 471 g/mol. The Morgan fingerprint density at radius 1 is 0.886 bits per heavy atom. The molecule has 4 aromatic rings. The van der Waals surface area contributed by atoms with Crippen molar-refractivity contribution in [2.24, 2.45) is 5.92 Å². The number of carbonyl (C=O) groups is 2. The molecular formula is C30H34N2O3. The van der Waals surface area contributed by atoms with Crippen LogP contribution in [0.2, 0.25) is 0 Å². The average Bonchev–Trinajstić information content (AvgIpc) is 2.90. The van der Waals surface area contributed by atoms with E-state index in [1.54, 1.807) is 0 Å². The second-order valence-electron chi connectivity index (χ2n) is 9.99. The number of aliphatic hydroxyl groups is 1. The van der Waals surface area contributed by atoms with Crippen LogP contribution in [0.1, 0.15) is 50.5 Å². The van der Waals surface area contributed by atoms with Gasteiger partial charge in [0.15, 0.2) is 0 Å². The van der Waals surface area contributed by atoms with Crippen molar-refractivity contribution in [1.82, 2.24) is 10.6 Å². The first kappa shape index (κ1) is 23.6. The molecule has 0 radical (unpaired) electrons. The van der Waals surface area contributed by atoms with Crippen molar-refractivity contribution in [2.75, 3.05) is 13.2 Å². The molecular weight excluding hydrogens is 436 g/mol. The molecule has 4 aromatic carbocycles. The molecule has 5 heteroatoms. The number of aryl methyl sites for hydroxylation is 1. The summed E-state index contributed by atoms with van der Waals surface area (Å²) in [5.41, 5.74) is 1.23. The number of carbonyl (C=O) groups excluding carboxylic acids is 2. The van der Waals surface area contributed by atoms with Crippen molar-refractivity contribution in [3.63, 3.8) is 0 Å². The minimum absolute atomic E-state index is 0.199. The molecule has 1 saturated carbocycles. The number of amides is 2. The third-order valence-corrected chi connectivity index (χ3v) is 7.59. The van der Waals surface area contributed by atoms with Crippen molar-refractivity contribution in [3.8, 4) is 0 Å². The highest BCUT2D eigenvalue weighted by Crippen LogP contribution is 2.36. The first-order valence-corrected chi connectivity index (χ1v) is 13.0. The largest absolute Gasteiger partial charge is 0.394 e. The summed E-state index contributed by atoms with van der Waals surface area (Å²) in [6.07, 6.45) is 7.75. The molecule has 5 nitrogen and oxygen atoms in total. The van der Waals surface area contributed by atoms with E-state index in [-0.39, 0.29) is 11.8 Å². The van der Waals surface area contributed by atoms with Crippen LogP contribution in [0.5, 0.6) is 0 Å². The van der Waals surface area contributed by atoms with E-state index in [2.05, 4.69) is 65.2 Å². The molecule has 182 valence electrons. The van der Waals surface area contributed by atoms with Crippen LogP contribution >= 0.6 is 0 Å². The Hall–Kier alpha value is -3.18. The van der Waals surface area contributed by atoms with Crippen molar-refractivity contribution in [1.29, 1.82) is 0 Å². The van der Waals surface area contributed by atoms with Gasteiger partial charge in [-0.2, -0.15) is 0 Å². The number of nitrogens with one attached hydrogen (secondary N) is 2. The van der Waals surface area contributed by atoms with E-state index in [0.717, 1.165) is 19.3 Å². The summed E-state index contributed by atoms with van der Waals surface area (Å²) in [5.74, 6) is 0.0146. The molecule has 0 bridgehead atoms. The van der Waals surface area contributed by atoms with Crippen LogP contribution in [0.4, 0.5) is 0 Å². The summed E-state index contributed by atoms with van der Waals surface area (Å²) in [5, 5.41) is 22.8. The lowest BCUT2D eigenvalue weighted by atomic mass is 9.89. The maximum atomic E-state index is 12.5. The lowest BCUT2D eigenvalue weighted by Crippen LogP contribution is -2.49. The summed E-state index contributed by atoms with van der Waals surface area (Å²) < 4.78 is 0. The third-order valence-electron chi connectivity index (χ3n) is 7.59. The molecule has 0 spiro atoms. The van der Waals surface area contributed by atoms with Gasteiger partial charge in [-0.05, 0) is 69.5 Å². The Balaban J connectivity index is 1.19. The molecule has 35 heavy (non-hydrogen) atoms. The van der Waals surface area contributed by atoms with E-state index in [0.29, 0.717) is 25.3 Å². The van der Waals surface area contributed by atoms with Crippen LogP contribution in [0.15, 0.2) is 54.6 Å². The Labute approximate surface area is 206 Å². The van der Waals surface area contributed by atoms with E-state index in [9.17, 15) is 14.7 Å². The zero-order chi connectivity index (χ0) is 24.2. The van der Waals surface area contributed by atoms with Gasteiger partial charge in [0.05, 0.1) is 6.61 Å². The number of rotatable bonds is 9. The van der Waals surface area contributed by atoms with Crippen LogP contribution in [0, 0.1) is 5.92 Å². The molecule has 1 aliphatic carbocycles. The monoisotopic (exact) mass is 470 g/mol. The second-order valence-corrected chi connectivity index (χ2v) is 9.99. The van der Waals surface area contributed by atoms with Crippen molar-refractivity contribution >= 4 is 44.1 Å². The molecule has 5 rings (SSSR count). The van der Waals surface area contributed by atoms with Gasteiger partial charge in [0.1, 0.15) is 6.04 Å². The fraction of sp³-hybridized carbons (Fsp3) is 0.400. The van der Waals surface area contributed by atoms with Crippen molar-refractivity contribution in [3.05, 3.63) is 60.2 Å². The topological polar surface area (TPSA) is 78.4 Å². The van der Waals surface area contributed by atoms with Crippen LogP contribution < -0.4 is 10.6 Å². The zero-order valence-corrected chi connectivity index (χ0v) is 20.2. The SMILES string of the molecule is O=C(CCCc1ccc2ccc3cccc4ccc1c2c34)NC(CO)C(=O)NCC1CCCCC1. The first-order valence-electron chi connectivity index (χ1n) is 13.0. The predicted molar refractivity (Wildman–Crippen MR) is 142 cm³/mol. The number of benzene rings is 4. The van der Waals surface area contributed by atoms with E-state index in [1.807, 2.05) is 0 Å². The lowest BCUT2D eigenvalue weighted by Gasteiger charge is -2.23. The van der Waals surface area contributed by atoms with Gasteiger partial charge < -0.3 is 15.7 Å². The Morgan fingerprint density at radius 3 is 2.31 bits per heavy atom. The van der Waals surface area contributed by atoms with Gasteiger partial charge in [0.25, 0.3) is 0 Å². The Kier molecular flexibility index (Phi) is 7.14. The van der Waals surface area contributed by atoms with Gasteiger partial charge in [-0.3, -0.25) is 9.59 Å². The maximum absolute atomic E-state index is 12.5. The molecule has 0 aromatic heterocycles. The fourth-order valence-corrected chi connectivity index (χ4v) is 5.67. The predicted octanol–water partition coefficient (Wildman–Crippen LogP) is 5.08. The molecule has 0 heterocycles. The van der Waals surface area contributed by atoms with Gasteiger partial charge in [-0.25, -0.2) is 0 Å². The molecule has 1 fully saturated rings. The standard InChI is InChI=1S/C30H34N2O3/c33-19-26(30(35)31-18-20-6-2-1-3-7-20)32-27(34)11-5-8-21-12-13-24-15-14-22-9-4-10-23-16-17-25(21)29(24)28(22)23/h4,9-10,12-17,20,26,33H,1-3,5-8,11,18-19H2,(H,31,35)(H,32,34). The highest BCUT2D eigenvalue weighted by molar-refractivity contribution is 6.23. The van der Waals surface area contributed by atoms with Crippen LogP contribution in [-0.2, 0) is 16.0 Å². The summed E-state index contributed by atoms with van der Waals surface area (Å²) in [6.45, 7) is 0.233. The molecule has 1 unspecified atom stereocenters. The summed E-state index contributed by atoms with van der Waals surface area (Å²) in [7, 11) is 0. The molecule has 1 aliphatic rings. The summed E-state index contributed by atoms with van der Waals surface area (Å²) >= 11 is 0.